The molecule has 25 heavy (non-hydrogen) atoms. The van der Waals surface area contributed by atoms with Crippen LogP contribution in [0.4, 0.5) is 0 Å². The zero-order chi connectivity index (χ0) is 18.3. The Morgan fingerprint density at radius 2 is 1.80 bits per heavy atom. The van der Waals surface area contributed by atoms with Crippen LogP contribution in [0.25, 0.3) is 0 Å². The second kappa shape index (κ2) is 8.64. The molecule has 2 aromatic carbocycles. The number of hydrogen-bond donors (Lipinski definition) is 1. The molecule has 1 N–H and O–H groups in total. The van der Waals surface area contributed by atoms with E-state index in [1.54, 1.807) is 0 Å². The lowest BCUT2D eigenvalue weighted by atomic mass is 10.1. The molecule has 0 heterocycles. The highest BCUT2D eigenvalue weighted by molar-refractivity contribution is 7.89. The van der Waals surface area contributed by atoms with Gasteiger partial charge in [0.2, 0.25) is 10.0 Å². The maximum absolute atomic E-state index is 12.9. The average molecular weight is 363 g/mol. The molecule has 134 valence electrons. The number of esters is 1. The van der Waals surface area contributed by atoms with Crippen molar-refractivity contribution in [2.45, 2.75) is 17.7 Å². The lowest BCUT2D eigenvalue weighted by Gasteiger charge is -2.22. The normalized spacial score (nSPS) is 11.4. The van der Waals surface area contributed by atoms with Crippen LogP contribution in [0.2, 0.25) is 0 Å². The lowest BCUT2D eigenvalue weighted by molar-refractivity contribution is -0.140. The average Bonchev–Trinajstić information content (AvgIpc) is 2.62. The van der Waals surface area contributed by atoms with E-state index in [0.717, 1.165) is 5.56 Å². The highest BCUT2D eigenvalue weighted by Crippen LogP contribution is 2.21. The molecule has 0 saturated heterocycles. The number of nitrogens with zero attached hydrogens (tertiary/aromatic N) is 1. The van der Waals surface area contributed by atoms with E-state index >= 15 is 0 Å². The summed E-state index contributed by atoms with van der Waals surface area (Å²) in [6, 6.07) is 15.0. The second-order valence-corrected chi connectivity index (χ2v) is 7.40. The Labute approximate surface area is 147 Å². The summed E-state index contributed by atoms with van der Waals surface area (Å²) < 4.78 is 31.6. The van der Waals surface area contributed by atoms with E-state index < -0.39 is 16.0 Å². The maximum atomic E-state index is 12.9. The Balaban J connectivity index is 2.21. The molecule has 2 rings (SSSR count). The van der Waals surface area contributed by atoms with Crippen LogP contribution in [0.3, 0.4) is 0 Å². The monoisotopic (exact) mass is 363 g/mol. The van der Waals surface area contributed by atoms with E-state index in [-0.39, 0.29) is 30.2 Å². The molecule has 0 saturated carbocycles. The fraction of sp³-hybridized carbons (Fsp3) is 0.278. The number of benzene rings is 2. The van der Waals surface area contributed by atoms with Crippen LogP contribution in [0, 0.1) is 0 Å². The van der Waals surface area contributed by atoms with Gasteiger partial charge in [-0.3, -0.25) is 4.79 Å². The summed E-state index contributed by atoms with van der Waals surface area (Å²) >= 11 is 0. The van der Waals surface area contributed by atoms with Crippen LogP contribution in [-0.2, 0) is 26.0 Å². The number of phenols is 1. The van der Waals surface area contributed by atoms with E-state index in [4.69, 9.17) is 0 Å². The molecule has 2 aromatic rings. The van der Waals surface area contributed by atoms with Crippen molar-refractivity contribution in [2.75, 3.05) is 20.2 Å². The molecule has 0 bridgehead atoms. The zero-order valence-corrected chi connectivity index (χ0v) is 14.8. The summed E-state index contributed by atoms with van der Waals surface area (Å²) in [5.41, 5.74) is 0.997. The van der Waals surface area contributed by atoms with Gasteiger partial charge in [0.25, 0.3) is 0 Å². The smallest absolute Gasteiger partial charge is 0.306 e. The molecule has 0 atom stereocenters. The summed E-state index contributed by atoms with van der Waals surface area (Å²) in [7, 11) is -2.57. The minimum absolute atomic E-state index is 0.00886. The third-order valence-electron chi connectivity index (χ3n) is 3.74. The lowest BCUT2D eigenvalue weighted by Crippen LogP contribution is -2.35. The zero-order valence-electron chi connectivity index (χ0n) is 14.0. The summed E-state index contributed by atoms with van der Waals surface area (Å²) in [4.78, 5) is 11.4. The van der Waals surface area contributed by atoms with Crippen molar-refractivity contribution >= 4 is 16.0 Å². The molecule has 7 heteroatoms. The molecular weight excluding hydrogens is 342 g/mol. The topological polar surface area (TPSA) is 83.9 Å². The van der Waals surface area contributed by atoms with Gasteiger partial charge >= 0.3 is 5.97 Å². The number of carbonyl (C=O) groups is 1. The van der Waals surface area contributed by atoms with Gasteiger partial charge < -0.3 is 9.84 Å². The number of ether oxygens (including phenoxy) is 1. The molecule has 6 nitrogen and oxygen atoms in total. The van der Waals surface area contributed by atoms with Crippen LogP contribution < -0.4 is 0 Å². The van der Waals surface area contributed by atoms with Gasteiger partial charge in [-0.2, -0.15) is 4.31 Å². The Bertz CT molecular complexity index is 805. The number of carbonyl (C=O) groups excluding carboxylic acids is 1. The summed E-state index contributed by atoms with van der Waals surface area (Å²) in [5, 5.41) is 9.57. The van der Waals surface area contributed by atoms with Crippen molar-refractivity contribution in [3.63, 3.8) is 0 Å². The van der Waals surface area contributed by atoms with Gasteiger partial charge in [0, 0.05) is 13.1 Å². The molecule has 0 spiro atoms. The number of rotatable bonds is 8. The van der Waals surface area contributed by atoms with E-state index in [2.05, 4.69) is 4.74 Å². The highest BCUT2D eigenvalue weighted by atomic mass is 32.2. The van der Waals surface area contributed by atoms with Crippen LogP contribution in [0.1, 0.15) is 12.0 Å². The van der Waals surface area contributed by atoms with Gasteiger partial charge in [0.15, 0.2) is 0 Å². The first-order chi connectivity index (χ1) is 11.9. The molecule has 0 aliphatic carbocycles. The summed E-state index contributed by atoms with van der Waals surface area (Å²) in [5.74, 6) is -0.604. The van der Waals surface area contributed by atoms with E-state index in [1.165, 1.54) is 35.7 Å². The number of hydrogen-bond acceptors (Lipinski definition) is 5. The number of aromatic hydroxyl groups is 1. The Morgan fingerprint density at radius 3 is 2.44 bits per heavy atom. The summed E-state index contributed by atoms with van der Waals surface area (Å²) in [6.45, 7) is 0.233. The highest BCUT2D eigenvalue weighted by Gasteiger charge is 2.25. The third-order valence-corrected chi connectivity index (χ3v) is 5.64. The molecular formula is C18H21NO5S. The number of sulfonamides is 1. The van der Waals surface area contributed by atoms with Crippen molar-refractivity contribution in [1.29, 1.82) is 0 Å². The minimum atomic E-state index is -3.83. The van der Waals surface area contributed by atoms with Gasteiger partial charge in [-0.1, -0.05) is 36.4 Å². The molecule has 0 amide bonds. The molecule has 0 unspecified atom stereocenters. The van der Waals surface area contributed by atoms with E-state index in [1.807, 2.05) is 30.3 Å². The predicted octanol–water partition coefficient (Wildman–Crippen LogP) is 2.19. The van der Waals surface area contributed by atoms with E-state index in [9.17, 15) is 18.3 Å². The van der Waals surface area contributed by atoms with Crippen molar-refractivity contribution < 1.29 is 23.1 Å². The minimum Gasteiger partial charge on any atom is -0.508 e. The Morgan fingerprint density at radius 1 is 1.08 bits per heavy atom. The van der Waals surface area contributed by atoms with Crippen LogP contribution in [-0.4, -0.2) is 44.0 Å². The van der Waals surface area contributed by atoms with Gasteiger partial charge in [-0.05, 0) is 30.2 Å². The fourth-order valence-electron chi connectivity index (χ4n) is 2.36. The molecule has 0 aromatic heterocycles. The number of methoxy groups -OCH3 is 1. The van der Waals surface area contributed by atoms with Gasteiger partial charge in [0.1, 0.15) is 5.75 Å². The largest absolute Gasteiger partial charge is 0.508 e. The quantitative estimate of drug-likeness (QED) is 0.727. The van der Waals surface area contributed by atoms with Crippen molar-refractivity contribution in [3.8, 4) is 5.75 Å². The molecule has 0 radical (unpaired) electrons. The van der Waals surface area contributed by atoms with Crippen LogP contribution in [0.15, 0.2) is 59.5 Å². The molecule has 0 fully saturated rings. The molecule has 0 aliphatic heterocycles. The fourth-order valence-corrected chi connectivity index (χ4v) is 3.84. The molecule has 0 aliphatic rings. The van der Waals surface area contributed by atoms with Crippen LogP contribution >= 0.6 is 0 Å². The Kier molecular flexibility index (Phi) is 6.55. The first kappa shape index (κ1) is 19.0. The van der Waals surface area contributed by atoms with Crippen LogP contribution in [0.5, 0.6) is 5.75 Å². The first-order valence-electron chi connectivity index (χ1n) is 7.83. The Hall–Kier alpha value is -2.38. The summed E-state index contributed by atoms with van der Waals surface area (Å²) in [6.07, 6.45) is 0.476. The second-order valence-electron chi connectivity index (χ2n) is 5.46. The van der Waals surface area contributed by atoms with Gasteiger partial charge in [-0.25, -0.2) is 8.42 Å². The maximum Gasteiger partial charge on any atom is 0.306 e. The first-order valence-corrected chi connectivity index (χ1v) is 9.27. The predicted molar refractivity (Wildman–Crippen MR) is 93.6 cm³/mol. The van der Waals surface area contributed by atoms with E-state index in [0.29, 0.717) is 6.42 Å². The third kappa shape index (κ3) is 5.30. The number of phenolic OH excluding ortho intramolecular Hbond substituents is 1. The van der Waals surface area contributed by atoms with Gasteiger partial charge in [0.05, 0.1) is 18.4 Å². The van der Waals surface area contributed by atoms with Crippen molar-refractivity contribution in [1.82, 2.24) is 4.31 Å². The SMILES string of the molecule is COC(=O)CCN(CCc1ccccc1)S(=O)(=O)c1cccc(O)c1. The van der Waals surface area contributed by atoms with Gasteiger partial charge in [-0.15, -0.1) is 0 Å². The van der Waals surface area contributed by atoms with Crippen molar-refractivity contribution in [3.05, 3.63) is 60.2 Å². The van der Waals surface area contributed by atoms with Crippen molar-refractivity contribution in [2.24, 2.45) is 0 Å². The standard InChI is InChI=1S/C18H21NO5S/c1-24-18(21)11-13-19(12-10-15-6-3-2-4-7-15)25(22,23)17-9-5-8-16(20)14-17/h2-9,14,20H,10-13H2,1H3.